The quantitative estimate of drug-likeness (QED) is 0.793. The maximum absolute atomic E-state index is 3.61. The van der Waals surface area contributed by atoms with Crippen molar-refractivity contribution >= 4 is 15.9 Å². The molecule has 0 aliphatic carbocycles. The van der Waals surface area contributed by atoms with Gasteiger partial charge < -0.3 is 0 Å². The molecule has 0 saturated carbocycles. The fourth-order valence-electron chi connectivity index (χ4n) is 2.25. The molecule has 0 aromatic heterocycles. The lowest BCUT2D eigenvalue weighted by atomic mass is 10.0. The third-order valence-electron chi connectivity index (χ3n) is 3.42. The van der Waals surface area contributed by atoms with Crippen molar-refractivity contribution in [1.29, 1.82) is 0 Å². The molecule has 0 N–H and O–H groups in total. The predicted octanol–water partition coefficient (Wildman–Crippen LogP) is 3.54. The first kappa shape index (κ1) is 11.2. The van der Waals surface area contributed by atoms with Crippen LogP contribution >= 0.6 is 15.9 Å². The van der Waals surface area contributed by atoms with Crippen LogP contribution in [-0.2, 0) is 6.54 Å². The largest absolute Gasteiger partial charge is 0.298 e. The van der Waals surface area contributed by atoms with E-state index >= 15 is 0 Å². The first-order chi connectivity index (χ1) is 7.16. The zero-order valence-corrected chi connectivity index (χ0v) is 11.0. The van der Waals surface area contributed by atoms with Gasteiger partial charge in [-0.2, -0.15) is 0 Å². The normalized spacial score (nSPS) is 27.1. The third kappa shape index (κ3) is 2.61. The molecule has 82 valence electrons. The molecule has 2 heteroatoms. The van der Waals surface area contributed by atoms with Gasteiger partial charge >= 0.3 is 0 Å². The van der Waals surface area contributed by atoms with Gasteiger partial charge in [-0.1, -0.05) is 48.0 Å². The average Bonchev–Trinajstić information content (AvgIpc) is 2.50. The van der Waals surface area contributed by atoms with Crippen LogP contribution < -0.4 is 0 Å². The van der Waals surface area contributed by atoms with Gasteiger partial charge in [0, 0.05) is 24.1 Å². The van der Waals surface area contributed by atoms with E-state index in [0.717, 1.165) is 18.4 Å². The van der Waals surface area contributed by atoms with Crippen LogP contribution in [-0.4, -0.2) is 18.0 Å². The van der Waals surface area contributed by atoms with Gasteiger partial charge in [0.1, 0.15) is 0 Å². The number of nitrogens with zero attached hydrogens (tertiary/aromatic N) is 1. The Kier molecular flexibility index (Phi) is 3.47. The van der Waals surface area contributed by atoms with Crippen molar-refractivity contribution in [2.45, 2.75) is 20.4 Å². The summed E-state index contributed by atoms with van der Waals surface area (Å²) in [7, 11) is 0. The Labute approximate surface area is 101 Å². The minimum Gasteiger partial charge on any atom is -0.298 e. The smallest absolute Gasteiger partial charge is 0.0245 e. The van der Waals surface area contributed by atoms with E-state index in [2.05, 4.69) is 58.9 Å². The maximum Gasteiger partial charge on any atom is 0.0245 e. The van der Waals surface area contributed by atoms with Gasteiger partial charge in [-0.05, 0) is 23.5 Å². The summed E-state index contributed by atoms with van der Waals surface area (Å²) in [4.78, 5) is 2.55. The zero-order valence-electron chi connectivity index (χ0n) is 9.41. The molecule has 1 fully saturated rings. The minimum atomic E-state index is 0.840. The van der Waals surface area contributed by atoms with Gasteiger partial charge in [0.2, 0.25) is 0 Å². The van der Waals surface area contributed by atoms with E-state index in [1.807, 2.05) is 0 Å². The number of hydrogen-bond acceptors (Lipinski definition) is 1. The Morgan fingerprint density at radius 3 is 2.40 bits per heavy atom. The molecule has 1 aliphatic heterocycles. The topological polar surface area (TPSA) is 3.24 Å². The van der Waals surface area contributed by atoms with Crippen LogP contribution in [0.15, 0.2) is 28.7 Å². The minimum absolute atomic E-state index is 0.840. The van der Waals surface area contributed by atoms with Crippen molar-refractivity contribution in [3.8, 4) is 0 Å². The highest BCUT2D eigenvalue weighted by Crippen LogP contribution is 2.25. The molecule has 1 nitrogen and oxygen atoms in total. The summed E-state index contributed by atoms with van der Waals surface area (Å²) in [5.74, 6) is 1.68. The summed E-state index contributed by atoms with van der Waals surface area (Å²) >= 11 is 3.61. The Balaban J connectivity index is 2.01. The lowest BCUT2D eigenvalue weighted by Gasteiger charge is -2.16. The SMILES string of the molecule is CC1CN(Cc2ccccc2Br)CC1C. The highest BCUT2D eigenvalue weighted by molar-refractivity contribution is 9.10. The van der Waals surface area contributed by atoms with E-state index in [-0.39, 0.29) is 0 Å². The maximum atomic E-state index is 3.61. The van der Waals surface area contributed by atoms with Gasteiger partial charge in [0.25, 0.3) is 0 Å². The molecule has 0 spiro atoms. The number of benzene rings is 1. The summed E-state index contributed by atoms with van der Waals surface area (Å²) in [5.41, 5.74) is 1.40. The van der Waals surface area contributed by atoms with Gasteiger partial charge in [0.05, 0.1) is 0 Å². The van der Waals surface area contributed by atoms with Crippen molar-refractivity contribution in [2.24, 2.45) is 11.8 Å². The molecule has 2 atom stereocenters. The zero-order chi connectivity index (χ0) is 10.8. The Bertz CT molecular complexity index is 327. The predicted molar refractivity (Wildman–Crippen MR) is 67.7 cm³/mol. The van der Waals surface area contributed by atoms with Crippen LogP contribution in [0.3, 0.4) is 0 Å². The fourth-order valence-corrected chi connectivity index (χ4v) is 2.66. The van der Waals surface area contributed by atoms with Crippen molar-refractivity contribution in [3.63, 3.8) is 0 Å². The van der Waals surface area contributed by atoms with E-state index in [1.54, 1.807) is 0 Å². The molecule has 2 unspecified atom stereocenters. The molecule has 1 saturated heterocycles. The summed E-state index contributed by atoms with van der Waals surface area (Å²) in [6.45, 7) is 8.26. The molecule has 1 aromatic rings. The first-order valence-corrected chi connectivity index (χ1v) is 6.42. The van der Waals surface area contributed by atoms with E-state index in [4.69, 9.17) is 0 Å². The lowest BCUT2D eigenvalue weighted by molar-refractivity contribution is 0.315. The molecule has 1 heterocycles. The van der Waals surface area contributed by atoms with Gasteiger partial charge in [-0.25, -0.2) is 0 Å². The second kappa shape index (κ2) is 4.67. The van der Waals surface area contributed by atoms with Crippen LogP contribution in [0, 0.1) is 11.8 Å². The molecule has 2 rings (SSSR count). The molecular weight excluding hydrogens is 250 g/mol. The summed E-state index contributed by atoms with van der Waals surface area (Å²) in [6, 6.07) is 8.52. The van der Waals surface area contributed by atoms with Crippen LogP contribution in [0.1, 0.15) is 19.4 Å². The molecule has 0 amide bonds. The Hall–Kier alpha value is -0.340. The molecule has 0 bridgehead atoms. The monoisotopic (exact) mass is 267 g/mol. The molecule has 0 radical (unpaired) electrons. The standard InChI is InChI=1S/C13H18BrN/c1-10-7-15(8-11(10)2)9-12-5-3-4-6-13(12)14/h3-6,10-11H,7-9H2,1-2H3. The first-order valence-electron chi connectivity index (χ1n) is 5.62. The summed E-state index contributed by atoms with van der Waals surface area (Å²) in [5, 5.41) is 0. The van der Waals surface area contributed by atoms with Crippen LogP contribution in [0.2, 0.25) is 0 Å². The number of rotatable bonds is 2. The van der Waals surface area contributed by atoms with Gasteiger partial charge in [0.15, 0.2) is 0 Å². The van der Waals surface area contributed by atoms with E-state index in [1.165, 1.54) is 23.1 Å². The van der Waals surface area contributed by atoms with Crippen molar-refractivity contribution < 1.29 is 0 Å². The van der Waals surface area contributed by atoms with Gasteiger partial charge in [-0.3, -0.25) is 4.90 Å². The molecule has 1 aromatic carbocycles. The lowest BCUT2D eigenvalue weighted by Crippen LogP contribution is -2.20. The number of hydrogen-bond donors (Lipinski definition) is 0. The van der Waals surface area contributed by atoms with E-state index < -0.39 is 0 Å². The van der Waals surface area contributed by atoms with Crippen LogP contribution in [0.25, 0.3) is 0 Å². The third-order valence-corrected chi connectivity index (χ3v) is 4.19. The van der Waals surface area contributed by atoms with Crippen molar-refractivity contribution in [1.82, 2.24) is 4.90 Å². The summed E-state index contributed by atoms with van der Waals surface area (Å²) in [6.07, 6.45) is 0. The highest BCUT2D eigenvalue weighted by atomic mass is 79.9. The molecular formula is C13H18BrN. The molecule has 1 aliphatic rings. The van der Waals surface area contributed by atoms with Crippen LogP contribution in [0.5, 0.6) is 0 Å². The number of halogens is 1. The van der Waals surface area contributed by atoms with Crippen molar-refractivity contribution in [3.05, 3.63) is 34.3 Å². The highest BCUT2D eigenvalue weighted by Gasteiger charge is 2.25. The second-order valence-electron chi connectivity index (χ2n) is 4.74. The van der Waals surface area contributed by atoms with Gasteiger partial charge in [-0.15, -0.1) is 0 Å². The average molecular weight is 268 g/mol. The van der Waals surface area contributed by atoms with E-state index in [9.17, 15) is 0 Å². The molecule has 15 heavy (non-hydrogen) atoms. The number of likely N-dealkylation sites (tertiary alicyclic amines) is 1. The Morgan fingerprint density at radius 1 is 1.20 bits per heavy atom. The Morgan fingerprint density at radius 2 is 1.80 bits per heavy atom. The fraction of sp³-hybridized carbons (Fsp3) is 0.538. The van der Waals surface area contributed by atoms with Crippen LogP contribution in [0.4, 0.5) is 0 Å². The summed E-state index contributed by atoms with van der Waals surface area (Å²) < 4.78 is 1.23. The van der Waals surface area contributed by atoms with E-state index in [0.29, 0.717) is 0 Å². The van der Waals surface area contributed by atoms with Crippen molar-refractivity contribution in [2.75, 3.05) is 13.1 Å². The second-order valence-corrected chi connectivity index (χ2v) is 5.59.